The van der Waals surface area contributed by atoms with Gasteiger partial charge in [-0.15, -0.1) is 10.2 Å². The largest absolute Gasteiger partial charge is 0.483 e. The second-order valence-corrected chi connectivity index (χ2v) is 7.46. The molecular formula is C18H14FN5OS2. The smallest absolute Gasteiger partial charge is 0.203 e. The number of aryl methyl sites for hydroxylation is 1. The molecule has 0 aliphatic rings. The van der Waals surface area contributed by atoms with E-state index < -0.39 is 5.82 Å². The molecule has 0 N–H and O–H groups in total. The van der Waals surface area contributed by atoms with Gasteiger partial charge in [-0.1, -0.05) is 30.3 Å². The van der Waals surface area contributed by atoms with Gasteiger partial charge in [0.1, 0.15) is 12.4 Å². The van der Waals surface area contributed by atoms with Crippen molar-refractivity contribution in [2.45, 2.75) is 23.0 Å². The molecule has 0 radical (unpaired) electrons. The van der Waals surface area contributed by atoms with Gasteiger partial charge in [-0.2, -0.15) is 4.37 Å². The van der Waals surface area contributed by atoms with E-state index in [0.29, 0.717) is 11.0 Å². The zero-order valence-electron chi connectivity index (χ0n) is 14.2. The molecule has 0 fully saturated rings. The summed E-state index contributed by atoms with van der Waals surface area (Å²) in [5, 5.41) is 9.16. The highest BCUT2D eigenvalue weighted by Crippen LogP contribution is 2.30. The van der Waals surface area contributed by atoms with E-state index in [1.165, 1.54) is 29.4 Å². The predicted octanol–water partition coefficient (Wildman–Crippen LogP) is 4.30. The lowest BCUT2D eigenvalue weighted by Gasteiger charge is -2.10. The third-order valence-electron chi connectivity index (χ3n) is 3.60. The third kappa shape index (κ3) is 3.99. The quantitative estimate of drug-likeness (QED) is 0.482. The first-order valence-corrected chi connectivity index (χ1v) is 9.65. The number of hydrogen-bond donors (Lipinski definition) is 0. The van der Waals surface area contributed by atoms with E-state index in [1.807, 2.05) is 41.8 Å². The number of hydrogen-bond acceptors (Lipinski definition) is 7. The molecule has 2 aromatic carbocycles. The van der Waals surface area contributed by atoms with E-state index in [-0.39, 0.29) is 12.4 Å². The lowest BCUT2D eigenvalue weighted by molar-refractivity contribution is 0.278. The standard InChI is InChI=1S/C18H14FN5OS2/c1-12-20-18(27-23-12)26-17-22-21-16(24(17)13-7-3-2-4-8-13)11-25-15-10-6-5-9-14(15)19/h2-10H,11H2,1H3. The Kier molecular flexibility index (Phi) is 5.12. The van der Waals surface area contributed by atoms with Gasteiger partial charge in [-0.05, 0) is 54.5 Å². The molecule has 4 rings (SSSR count). The van der Waals surface area contributed by atoms with Crippen LogP contribution in [-0.2, 0) is 6.61 Å². The van der Waals surface area contributed by atoms with Crippen LogP contribution in [0.1, 0.15) is 11.6 Å². The molecule has 0 unspecified atom stereocenters. The van der Waals surface area contributed by atoms with E-state index in [9.17, 15) is 4.39 Å². The molecular weight excluding hydrogens is 385 g/mol. The molecule has 0 amide bonds. The second-order valence-electron chi connectivity index (χ2n) is 5.50. The zero-order chi connectivity index (χ0) is 18.6. The Morgan fingerprint density at radius 2 is 1.85 bits per heavy atom. The van der Waals surface area contributed by atoms with Crippen LogP contribution in [0, 0.1) is 12.7 Å². The Morgan fingerprint density at radius 1 is 1.07 bits per heavy atom. The second kappa shape index (κ2) is 7.85. The normalized spacial score (nSPS) is 10.9. The molecule has 0 atom stereocenters. The topological polar surface area (TPSA) is 65.7 Å². The van der Waals surface area contributed by atoms with Crippen LogP contribution in [0.2, 0.25) is 0 Å². The maximum atomic E-state index is 13.8. The van der Waals surface area contributed by atoms with Crippen molar-refractivity contribution in [1.82, 2.24) is 24.1 Å². The van der Waals surface area contributed by atoms with Crippen molar-refractivity contribution in [2.75, 3.05) is 0 Å². The van der Waals surface area contributed by atoms with Gasteiger partial charge in [0.25, 0.3) is 0 Å². The minimum Gasteiger partial charge on any atom is -0.483 e. The van der Waals surface area contributed by atoms with Crippen molar-refractivity contribution >= 4 is 23.3 Å². The van der Waals surface area contributed by atoms with Crippen LogP contribution in [0.3, 0.4) is 0 Å². The molecule has 6 nitrogen and oxygen atoms in total. The van der Waals surface area contributed by atoms with Gasteiger partial charge in [-0.25, -0.2) is 9.37 Å². The summed E-state index contributed by atoms with van der Waals surface area (Å²) >= 11 is 2.69. The number of benzene rings is 2. The van der Waals surface area contributed by atoms with Gasteiger partial charge < -0.3 is 4.74 Å². The molecule has 0 aliphatic heterocycles. The van der Waals surface area contributed by atoms with Crippen LogP contribution in [0.25, 0.3) is 5.69 Å². The molecule has 0 saturated carbocycles. The number of para-hydroxylation sites is 2. The summed E-state index contributed by atoms with van der Waals surface area (Å²) in [4.78, 5) is 4.36. The molecule has 2 heterocycles. The monoisotopic (exact) mass is 399 g/mol. The molecule has 2 aromatic heterocycles. The summed E-state index contributed by atoms with van der Waals surface area (Å²) in [5.41, 5.74) is 0.887. The number of aromatic nitrogens is 5. The van der Waals surface area contributed by atoms with Gasteiger partial charge in [0.05, 0.1) is 0 Å². The Hall–Kier alpha value is -2.78. The number of halogens is 1. The van der Waals surface area contributed by atoms with Crippen molar-refractivity contribution < 1.29 is 9.13 Å². The van der Waals surface area contributed by atoms with E-state index in [4.69, 9.17) is 4.74 Å². The number of rotatable bonds is 6. The maximum Gasteiger partial charge on any atom is 0.203 e. The minimum absolute atomic E-state index is 0.0819. The molecule has 27 heavy (non-hydrogen) atoms. The van der Waals surface area contributed by atoms with E-state index in [0.717, 1.165) is 15.9 Å². The van der Waals surface area contributed by atoms with Crippen molar-refractivity contribution in [2.24, 2.45) is 0 Å². The SMILES string of the molecule is Cc1nsc(Sc2nnc(COc3ccccc3F)n2-c2ccccc2)n1. The zero-order valence-corrected chi connectivity index (χ0v) is 15.9. The molecule has 9 heteroatoms. The van der Waals surface area contributed by atoms with Crippen LogP contribution in [0.4, 0.5) is 4.39 Å². The summed E-state index contributed by atoms with van der Waals surface area (Å²) < 4.78 is 26.3. The average Bonchev–Trinajstić information content (AvgIpc) is 3.28. The Bertz CT molecular complexity index is 1050. The number of ether oxygens (including phenoxy) is 1. The Labute approximate surface area is 163 Å². The summed E-state index contributed by atoms with van der Waals surface area (Å²) in [5.74, 6) is 1.04. The van der Waals surface area contributed by atoms with Gasteiger partial charge in [0.15, 0.2) is 21.7 Å². The first kappa shape index (κ1) is 17.6. The van der Waals surface area contributed by atoms with Crippen molar-refractivity contribution in [3.63, 3.8) is 0 Å². The van der Waals surface area contributed by atoms with Crippen molar-refractivity contribution in [3.8, 4) is 11.4 Å². The van der Waals surface area contributed by atoms with Gasteiger partial charge in [0, 0.05) is 5.69 Å². The lowest BCUT2D eigenvalue weighted by atomic mass is 10.3. The molecule has 136 valence electrons. The van der Waals surface area contributed by atoms with E-state index >= 15 is 0 Å². The molecule has 0 bridgehead atoms. The summed E-state index contributed by atoms with van der Waals surface area (Å²) in [7, 11) is 0. The summed E-state index contributed by atoms with van der Waals surface area (Å²) in [6.45, 7) is 1.93. The Morgan fingerprint density at radius 3 is 2.59 bits per heavy atom. The first-order valence-electron chi connectivity index (χ1n) is 8.06. The number of nitrogens with zero attached hydrogens (tertiary/aromatic N) is 5. The molecule has 4 aromatic rings. The highest BCUT2D eigenvalue weighted by Gasteiger charge is 2.17. The summed E-state index contributed by atoms with van der Waals surface area (Å²) in [6, 6.07) is 16.0. The fourth-order valence-electron chi connectivity index (χ4n) is 2.40. The maximum absolute atomic E-state index is 13.8. The van der Waals surface area contributed by atoms with E-state index in [2.05, 4.69) is 19.6 Å². The van der Waals surface area contributed by atoms with Crippen LogP contribution < -0.4 is 4.74 Å². The molecule has 0 saturated heterocycles. The lowest BCUT2D eigenvalue weighted by Crippen LogP contribution is -2.07. The Balaban J connectivity index is 1.66. The van der Waals surface area contributed by atoms with Crippen LogP contribution >= 0.6 is 23.3 Å². The van der Waals surface area contributed by atoms with Gasteiger partial charge >= 0.3 is 0 Å². The van der Waals surface area contributed by atoms with Gasteiger partial charge in [-0.3, -0.25) is 4.57 Å². The van der Waals surface area contributed by atoms with Crippen LogP contribution in [-0.4, -0.2) is 24.1 Å². The fourth-order valence-corrected chi connectivity index (χ4v) is 4.02. The van der Waals surface area contributed by atoms with Crippen LogP contribution in [0.5, 0.6) is 5.75 Å². The minimum atomic E-state index is -0.415. The van der Waals surface area contributed by atoms with E-state index in [1.54, 1.807) is 18.2 Å². The van der Waals surface area contributed by atoms with Crippen LogP contribution in [0.15, 0.2) is 64.1 Å². The van der Waals surface area contributed by atoms with Gasteiger partial charge in [0.2, 0.25) is 5.16 Å². The van der Waals surface area contributed by atoms with Crippen molar-refractivity contribution in [3.05, 3.63) is 72.1 Å². The highest BCUT2D eigenvalue weighted by atomic mass is 32.2. The average molecular weight is 399 g/mol. The molecule has 0 spiro atoms. The highest BCUT2D eigenvalue weighted by molar-refractivity contribution is 8.00. The third-order valence-corrected chi connectivity index (χ3v) is 5.39. The fraction of sp³-hybridized carbons (Fsp3) is 0.111. The van der Waals surface area contributed by atoms with Crippen molar-refractivity contribution in [1.29, 1.82) is 0 Å². The summed E-state index contributed by atoms with van der Waals surface area (Å²) in [6.07, 6.45) is 0. The first-order chi connectivity index (χ1) is 13.2. The molecule has 0 aliphatic carbocycles. The predicted molar refractivity (Wildman–Crippen MR) is 101 cm³/mol.